The van der Waals surface area contributed by atoms with Gasteiger partial charge >= 0.3 is 9.28 Å². The van der Waals surface area contributed by atoms with Gasteiger partial charge in [0.15, 0.2) is 0 Å². The van der Waals surface area contributed by atoms with E-state index in [1.165, 1.54) is 5.70 Å². The van der Waals surface area contributed by atoms with Gasteiger partial charge in [-0.05, 0) is 0 Å². The van der Waals surface area contributed by atoms with E-state index in [0.29, 0.717) is 0 Å². The third-order valence-electron chi connectivity index (χ3n) is 0.211. The summed E-state index contributed by atoms with van der Waals surface area (Å²) in [6, 6.07) is 0. The fraction of sp³-hybridized carbons (Fsp3) is 0. The molecule has 0 bridgehead atoms. The van der Waals surface area contributed by atoms with Gasteiger partial charge in [0.2, 0.25) is 0 Å². The van der Waals surface area contributed by atoms with Crippen molar-refractivity contribution in [2.75, 3.05) is 0 Å². The molecule has 0 aromatic rings. The van der Waals surface area contributed by atoms with Gasteiger partial charge < -0.3 is 9.59 Å². The van der Waals surface area contributed by atoms with E-state index in [1.807, 2.05) is 0 Å². The van der Waals surface area contributed by atoms with Crippen LogP contribution in [0.5, 0.6) is 0 Å². The second kappa shape index (κ2) is 2.13. The van der Waals surface area contributed by atoms with Gasteiger partial charge in [-0.25, -0.2) is 0 Å². The minimum absolute atomic E-state index is 1.17. The third-order valence-corrected chi connectivity index (χ3v) is 0.632. The summed E-state index contributed by atoms with van der Waals surface area (Å²) in [5.74, 6) is 0. The van der Waals surface area contributed by atoms with Crippen LogP contribution in [0.2, 0.25) is 0 Å². The normalized spacial score (nSPS) is 8.60. The van der Waals surface area contributed by atoms with Crippen LogP contribution >= 0.6 is 0 Å². The molecule has 0 unspecified atom stereocenters. The minimum Gasteiger partial charge on any atom is -0.410 e. The first-order chi connectivity index (χ1) is 2.27. The van der Waals surface area contributed by atoms with Crippen LogP contribution < -0.4 is 0 Å². The summed E-state index contributed by atoms with van der Waals surface area (Å²) in [4.78, 5) is 15.9. The van der Waals surface area contributed by atoms with Gasteiger partial charge in [0.1, 0.15) is 0 Å². The second-order valence-electron chi connectivity index (χ2n) is 0.649. The van der Waals surface area contributed by atoms with E-state index in [-0.39, 0.29) is 0 Å². The molecule has 0 aliphatic carbocycles. The Morgan fingerprint density at radius 1 is 1.60 bits per heavy atom. The first-order valence-corrected chi connectivity index (χ1v) is 2.96. The Morgan fingerprint density at radius 2 is 1.80 bits per heavy atom. The molecular formula is C2H6O2Si. The van der Waals surface area contributed by atoms with Crippen molar-refractivity contribution in [1.29, 1.82) is 0 Å². The topological polar surface area (TPSA) is 40.5 Å². The van der Waals surface area contributed by atoms with Crippen LogP contribution in [0.3, 0.4) is 0 Å². The summed E-state index contributed by atoms with van der Waals surface area (Å²) in [6.07, 6.45) is 0. The molecule has 0 aliphatic rings. The molecule has 0 aromatic carbocycles. The molecule has 0 radical (unpaired) electrons. The fourth-order valence-corrected chi connectivity index (χ4v) is 0. The largest absolute Gasteiger partial charge is 0.410 e. The Kier molecular flexibility index (Phi) is 2.08. The molecule has 2 N–H and O–H groups in total. The molecule has 0 fully saturated rings. The highest BCUT2D eigenvalue weighted by atomic mass is 28.3. The maximum absolute atomic E-state index is 7.94. The number of hydrogen-bond acceptors (Lipinski definition) is 2. The zero-order chi connectivity index (χ0) is 4.28. The summed E-state index contributed by atoms with van der Waals surface area (Å²) in [5.41, 5.74) is 1.17. The van der Waals surface area contributed by atoms with Crippen molar-refractivity contribution >= 4 is 9.28 Å². The SMILES string of the molecule is C=C[SiH](O)O. The molecule has 0 aromatic heterocycles. The van der Waals surface area contributed by atoms with Crippen LogP contribution in [0.15, 0.2) is 12.3 Å². The molecule has 3 heteroatoms. The molecule has 0 saturated heterocycles. The van der Waals surface area contributed by atoms with E-state index in [9.17, 15) is 0 Å². The monoisotopic (exact) mass is 90.0 g/mol. The summed E-state index contributed by atoms with van der Waals surface area (Å²) in [7, 11) is -2.39. The highest BCUT2D eigenvalue weighted by molar-refractivity contribution is 6.47. The molecule has 0 amide bonds. The van der Waals surface area contributed by atoms with Crippen LogP contribution in [0.1, 0.15) is 0 Å². The molecule has 0 atom stereocenters. The van der Waals surface area contributed by atoms with Crippen molar-refractivity contribution in [3.63, 3.8) is 0 Å². The first kappa shape index (κ1) is 4.88. The zero-order valence-electron chi connectivity index (χ0n) is 2.76. The van der Waals surface area contributed by atoms with E-state index in [4.69, 9.17) is 9.59 Å². The van der Waals surface area contributed by atoms with Crippen molar-refractivity contribution in [2.45, 2.75) is 0 Å². The van der Waals surface area contributed by atoms with Crippen LogP contribution in [0.4, 0.5) is 0 Å². The lowest BCUT2D eigenvalue weighted by Gasteiger charge is -1.79. The summed E-state index contributed by atoms with van der Waals surface area (Å²) >= 11 is 0. The quantitative estimate of drug-likeness (QED) is 0.402. The van der Waals surface area contributed by atoms with Crippen molar-refractivity contribution < 1.29 is 9.59 Å². The van der Waals surface area contributed by atoms with Gasteiger partial charge in [0.05, 0.1) is 0 Å². The predicted molar refractivity (Wildman–Crippen MR) is 21.8 cm³/mol. The van der Waals surface area contributed by atoms with Crippen molar-refractivity contribution in [3.8, 4) is 0 Å². The van der Waals surface area contributed by atoms with Crippen molar-refractivity contribution in [3.05, 3.63) is 12.3 Å². The first-order valence-electron chi connectivity index (χ1n) is 1.26. The van der Waals surface area contributed by atoms with Crippen LogP contribution in [-0.2, 0) is 0 Å². The standard InChI is InChI=1S/C2H6O2Si/c1-2-5(3)4/h2-5H,1H2. The average molecular weight is 90.2 g/mol. The molecule has 0 saturated carbocycles. The molecule has 2 nitrogen and oxygen atoms in total. The average Bonchev–Trinajstić information content (AvgIpc) is 1.38. The summed E-state index contributed by atoms with van der Waals surface area (Å²) in [5, 5.41) is 0. The van der Waals surface area contributed by atoms with E-state index < -0.39 is 9.28 Å². The van der Waals surface area contributed by atoms with Crippen molar-refractivity contribution in [2.24, 2.45) is 0 Å². The van der Waals surface area contributed by atoms with Gasteiger partial charge in [-0.3, -0.25) is 0 Å². The summed E-state index contributed by atoms with van der Waals surface area (Å²) < 4.78 is 0. The smallest absolute Gasteiger partial charge is 0.342 e. The molecule has 0 spiro atoms. The van der Waals surface area contributed by atoms with Gasteiger partial charge in [0.25, 0.3) is 0 Å². The number of hydrogen-bond donors (Lipinski definition) is 2. The summed E-state index contributed by atoms with van der Waals surface area (Å²) in [6.45, 7) is 3.12. The van der Waals surface area contributed by atoms with Gasteiger partial charge in [-0.1, -0.05) is 5.70 Å². The van der Waals surface area contributed by atoms with E-state index in [2.05, 4.69) is 6.58 Å². The van der Waals surface area contributed by atoms with E-state index >= 15 is 0 Å². The maximum Gasteiger partial charge on any atom is 0.342 e. The molecule has 0 aliphatic heterocycles. The van der Waals surface area contributed by atoms with Gasteiger partial charge in [0, 0.05) is 0 Å². The Morgan fingerprint density at radius 3 is 1.80 bits per heavy atom. The Bertz CT molecular complexity index is 34.6. The molecule has 0 heterocycles. The van der Waals surface area contributed by atoms with Crippen LogP contribution in [-0.4, -0.2) is 18.9 Å². The zero-order valence-corrected chi connectivity index (χ0v) is 3.91. The van der Waals surface area contributed by atoms with Crippen LogP contribution in [0, 0.1) is 0 Å². The lowest BCUT2D eigenvalue weighted by Crippen LogP contribution is -2.03. The molecule has 30 valence electrons. The fourth-order valence-electron chi connectivity index (χ4n) is 0. The van der Waals surface area contributed by atoms with Crippen LogP contribution in [0.25, 0.3) is 0 Å². The second-order valence-corrected chi connectivity index (χ2v) is 1.95. The van der Waals surface area contributed by atoms with Gasteiger partial charge in [-0.2, -0.15) is 0 Å². The lowest BCUT2D eigenvalue weighted by molar-refractivity contribution is 0.424. The van der Waals surface area contributed by atoms with E-state index in [0.717, 1.165) is 0 Å². The highest BCUT2D eigenvalue weighted by Crippen LogP contribution is 1.60. The molecular weight excluding hydrogens is 84.1 g/mol. The third kappa shape index (κ3) is 3.88. The molecule has 5 heavy (non-hydrogen) atoms. The minimum atomic E-state index is -2.39. The maximum atomic E-state index is 7.94. The Hall–Kier alpha value is -0.123. The van der Waals surface area contributed by atoms with E-state index in [1.54, 1.807) is 0 Å². The predicted octanol–water partition coefficient (Wildman–Crippen LogP) is -1.08. The van der Waals surface area contributed by atoms with Crippen molar-refractivity contribution in [1.82, 2.24) is 0 Å². The highest BCUT2D eigenvalue weighted by Gasteiger charge is 1.84. The Balaban J connectivity index is 2.83. The molecule has 0 rings (SSSR count). The Labute approximate surface area is 32.2 Å². The lowest BCUT2D eigenvalue weighted by atomic mass is 11.3. The number of rotatable bonds is 1. The van der Waals surface area contributed by atoms with Gasteiger partial charge in [-0.15, -0.1) is 6.58 Å².